The van der Waals surface area contributed by atoms with Crippen molar-refractivity contribution in [2.24, 2.45) is 5.10 Å². The molecule has 0 radical (unpaired) electrons. The van der Waals surface area contributed by atoms with Gasteiger partial charge in [0.2, 0.25) is 0 Å². The normalized spacial score (nSPS) is 15.8. The minimum Gasteiger partial charge on any atom is -0.496 e. The van der Waals surface area contributed by atoms with E-state index in [2.05, 4.69) is 5.10 Å². The SMILES string of the molecule is COc1ccccc1/C=C/C(=O)OCC(=O)N1N=C(c2cccs2)CC1c1cccs1. The van der Waals surface area contributed by atoms with Crippen LogP contribution in [0.15, 0.2) is 70.5 Å². The Morgan fingerprint density at radius 1 is 1.13 bits per heavy atom. The Morgan fingerprint density at radius 2 is 1.94 bits per heavy atom. The van der Waals surface area contributed by atoms with Crippen molar-refractivity contribution in [3.63, 3.8) is 0 Å². The molecule has 1 aliphatic heterocycles. The van der Waals surface area contributed by atoms with E-state index in [0.29, 0.717) is 12.2 Å². The molecule has 3 aromatic rings. The van der Waals surface area contributed by atoms with Crippen molar-refractivity contribution >= 4 is 46.3 Å². The van der Waals surface area contributed by atoms with Gasteiger partial charge in [0.1, 0.15) is 5.75 Å². The van der Waals surface area contributed by atoms with E-state index >= 15 is 0 Å². The standard InChI is InChI=1S/C23H20N2O4S2/c1-28-19-7-3-2-6-16(19)10-11-23(27)29-15-22(26)25-18(21-9-5-13-31-21)14-17(24-25)20-8-4-12-30-20/h2-13,18H,14-15H2,1H3/b11-10+. The number of methoxy groups -OCH3 is 1. The van der Waals surface area contributed by atoms with Crippen molar-refractivity contribution < 1.29 is 19.1 Å². The maximum absolute atomic E-state index is 12.9. The van der Waals surface area contributed by atoms with Crippen LogP contribution in [0.1, 0.15) is 27.8 Å². The van der Waals surface area contributed by atoms with E-state index in [9.17, 15) is 9.59 Å². The van der Waals surface area contributed by atoms with E-state index in [-0.39, 0.29) is 18.6 Å². The third-order valence-electron chi connectivity index (χ3n) is 4.72. The van der Waals surface area contributed by atoms with E-state index in [1.165, 1.54) is 11.1 Å². The lowest BCUT2D eigenvalue weighted by molar-refractivity contribution is -0.149. The molecule has 158 valence electrons. The maximum atomic E-state index is 12.9. The number of amides is 1. The largest absolute Gasteiger partial charge is 0.496 e. The predicted octanol–water partition coefficient (Wildman–Crippen LogP) is 4.75. The molecule has 0 spiro atoms. The second-order valence-corrected chi connectivity index (χ2v) is 8.61. The molecule has 1 aromatic carbocycles. The van der Waals surface area contributed by atoms with Crippen molar-refractivity contribution in [1.82, 2.24) is 5.01 Å². The molecular weight excluding hydrogens is 432 g/mol. The van der Waals surface area contributed by atoms with Gasteiger partial charge >= 0.3 is 5.97 Å². The first kappa shape index (κ1) is 21.0. The highest BCUT2D eigenvalue weighted by Crippen LogP contribution is 2.35. The summed E-state index contributed by atoms with van der Waals surface area (Å²) in [6, 6.07) is 15.0. The molecule has 1 atom stereocenters. The van der Waals surface area contributed by atoms with Gasteiger partial charge in [0.05, 0.1) is 23.7 Å². The van der Waals surface area contributed by atoms with Gasteiger partial charge in [-0.15, -0.1) is 22.7 Å². The fourth-order valence-electron chi connectivity index (χ4n) is 3.24. The number of carbonyl (C=O) groups is 2. The molecule has 31 heavy (non-hydrogen) atoms. The average Bonchev–Trinajstić information content (AvgIpc) is 3.56. The molecule has 0 N–H and O–H groups in total. The molecule has 6 nitrogen and oxygen atoms in total. The van der Waals surface area contributed by atoms with Gasteiger partial charge in [-0.2, -0.15) is 5.10 Å². The zero-order chi connectivity index (χ0) is 21.6. The summed E-state index contributed by atoms with van der Waals surface area (Å²) in [7, 11) is 1.56. The molecule has 0 fully saturated rings. The zero-order valence-corrected chi connectivity index (χ0v) is 18.4. The smallest absolute Gasteiger partial charge is 0.331 e. The van der Waals surface area contributed by atoms with Gasteiger partial charge in [0, 0.05) is 22.9 Å². The predicted molar refractivity (Wildman–Crippen MR) is 122 cm³/mol. The Bertz CT molecular complexity index is 1100. The molecule has 1 amide bonds. The number of rotatable bonds is 7. The van der Waals surface area contributed by atoms with Crippen molar-refractivity contribution in [2.45, 2.75) is 12.5 Å². The lowest BCUT2D eigenvalue weighted by Gasteiger charge is -2.20. The Morgan fingerprint density at radius 3 is 2.68 bits per heavy atom. The molecule has 2 aromatic heterocycles. The van der Waals surface area contributed by atoms with Crippen LogP contribution in [0.5, 0.6) is 5.75 Å². The molecule has 3 heterocycles. The van der Waals surface area contributed by atoms with Crippen molar-refractivity contribution in [1.29, 1.82) is 0 Å². The molecule has 1 unspecified atom stereocenters. The fourth-order valence-corrected chi connectivity index (χ4v) is 4.78. The number of thiophene rings is 2. The summed E-state index contributed by atoms with van der Waals surface area (Å²) in [5.74, 6) is -0.313. The van der Waals surface area contributed by atoms with Crippen LogP contribution in [0, 0.1) is 0 Å². The molecule has 0 saturated carbocycles. The minimum atomic E-state index is -0.603. The van der Waals surface area contributed by atoms with Crippen LogP contribution in [-0.4, -0.2) is 36.3 Å². The first-order valence-corrected chi connectivity index (χ1v) is 11.4. The number of nitrogens with zero attached hydrogens (tertiary/aromatic N) is 2. The molecule has 8 heteroatoms. The lowest BCUT2D eigenvalue weighted by Crippen LogP contribution is -2.30. The lowest BCUT2D eigenvalue weighted by atomic mass is 10.1. The van der Waals surface area contributed by atoms with Crippen molar-refractivity contribution in [3.8, 4) is 5.75 Å². The first-order valence-electron chi connectivity index (χ1n) is 9.60. The number of carbonyl (C=O) groups excluding carboxylic acids is 2. The second kappa shape index (κ2) is 9.72. The maximum Gasteiger partial charge on any atom is 0.331 e. The van der Waals surface area contributed by atoms with Gasteiger partial charge in [-0.1, -0.05) is 30.3 Å². The van der Waals surface area contributed by atoms with Crippen LogP contribution >= 0.6 is 22.7 Å². The summed E-state index contributed by atoms with van der Waals surface area (Å²) in [5.41, 5.74) is 1.61. The Balaban J connectivity index is 1.42. The number of benzene rings is 1. The summed E-state index contributed by atoms with van der Waals surface area (Å²) >= 11 is 3.17. The Hall–Kier alpha value is -3.23. The summed E-state index contributed by atoms with van der Waals surface area (Å²) in [6.45, 7) is -0.377. The summed E-state index contributed by atoms with van der Waals surface area (Å²) < 4.78 is 10.4. The van der Waals surface area contributed by atoms with Gasteiger partial charge < -0.3 is 9.47 Å². The number of hydrazone groups is 1. The molecule has 0 bridgehead atoms. The number of hydrogen-bond donors (Lipinski definition) is 0. The van der Waals surface area contributed by atoms with Crippen LogP contribution in [-0.2, 0) is 14.3 Å². The second-order valence-electron chi connectivity index (χ2n) is 6.68. The highest BCUT2D eigenvalue weighted by Gasteiger charge is 2.34. The Labute approximate surface area is 188 Å². The summed E-state index contributed by atoms with van der Waals surface area (Å²) in [4.78, 5) is 27.1. The molecular formula is C23H20N2O4S2. The minimum absolute atomic E-state index is 0.188. The van der Waals surface area contributed by atoms with Gasteiger partial charge in [-0.3, -0.25) is 4.79 Å². The summed E-state index contributed by atoms with van der Waals surface area (Å²) in [5, 5.41) is 9.96. The fraction of sp³-hybridized carbons (Fsp3) is 0.174. The molecule has 0 aliphatic carbocycles. The number of para-hydroxylation sites is 1. The van der Waals surface area contributed by atoms with Gasteiger partial charge in [0.15, 0.2) is 6.61 Å². The van der Waals surface area contributed by atoms with Crippen molar-refractivity contribution in [2.75, 3.05) is 13.7 Å². The van der Waals surface area contributed by atoms with Gasteiger partial charge in [-0.25, -0.2) is 9.80 Å². The highest BCUT2D eigenvalue weighted by atomic mass is 32.1. The van der Waals surface area contributed by atoms with Gasteiger partial charge in [0.25, 0.3) is 5.91 Å². The first-order chi connectivity index (χ1) is 15.2. The molecule has 0 saturated heterocycles. The topological polar surface area (TPSA) is 68.2 Å². The van der Waals surface area contributed by atoms with Gasteiger partial charge in [-0.05, 0) is 35.0 Å². The third-order valence-corrected chi connectivity index (χ3v) is 6.61. The highest BCUT2D eigenvalue weighted by molar-refractivity contribution is 7.12. The van der Waals surface area contributed by atoms with Crippen LogP contribution in [0.3, 0.4) is 0 Å². The van der Waals surface area contributed by atoms with E-state index in [1.807, 2.05) is 53.2 Å². The third kappa shape index (κ3) is 4.92. The van der Waals surface area contributed by atoms with E-state index < -0.39 is 5.97 Å². The molecule has 1 aliphatic rings. The average molecular weight is 453 g/mol. The van der Waals surface area contributed by atoms with E-state index in [1.54, 1.807) is 41.9 Å². The zero-order valence-electron chi connectivity index (χ0n) is 16.8. The summed E-state index contributed by atoms with van der Waals surface area (Å²) in [6.07, 6.45) is 3.52. The number of hydrogen-bond acceptors (Lipinski definition) is 7. The van der Waals surface area contributed by atoms with Crippen LogP contribution in [0.25, 0.3) is 6.08 Å². The quantitative estimate of drug-likeness (QED) is 0.383. The van der Waals surface area contributed by atoms with Crippen LogP contribution in [0.4, 0.5) is 0 Å². The van der Waals surface area contributed by atoms with Crippen molar-refractivity contribution in [3.05, 3.63) is 80.7 Å². The Kier molecular flexibility index (Phi) is 6.59. The molecule has 4 rings (SSSR count). The van der Waals surface area contributed by atoms with E-state index in [0.717, 1.165) is 21.0 Å². The monoisotopic (exact) mass is 452 g/mol. The van der Waals surface area contributed by atoms with E-state index in [4.69, 9.17) is 9.47 Å². The number of ether oxygens (including phenoxy) is 2. The van der Waals surface area contributed by atoms with Crippen LogP contribution in [0.2, 0.25) is 0 Å². The number of esters is 1. The van der Waals surface area contributed by atoms with Crippen LogP contribution < -0.4 is 4.74 Å².